The molecule has 20 heavy (non-hydrogen) atoms. The van der Waals surface area contributed by atoms with Gasteiger partial charge in [-0.05, 0) is 12.1 Å². The van der Waals surface area contributed by atoms with Gasteiger partial charge >= 0.3 is 5.97 Å². The molecule has 0 radical (unpaired) electrons. The Bertz CT molecular complexity index is 452. The molecule has 1 aliphatic rings. The zero-order valence-corrected chi connectivity index (χ0v) is 11.5. The number of aliphatic carboxylic acids is 1. The lowest BCUT2D eigenvalue weighted by molar-refractivity contribution is -0.133. The van der Waals surface area contributed by atoms with Crippen molar-refractivity contribution in [3.05, 3.63) is 24.3 Å². The SMILES string of the molecule is O=C(O)CSCC1OCC(COc2ccccc2O)O1. The number of carboxylic acid groups (broad SMARTS) is 1. The second-order valence-electron chi connectivity index (χ2n) is 4.21. The Balaban J connectivity index is 1.68. The van der Waals surface area contributed by atoms with Gasteiger partial charge in [-0.3, -0.25) is 4.79 Å². The van der Waals surface area contributed by atoms with Crippen LogP contribution in [0.25, 0.3) is 0 Å². The van der Waals surface area contributed by atoms with Crippen molar-refractivity contribution in [2.24, 2.45) is 0 Å². The number of phenols is 1. The second kappa shape index (κ2) is 7.37. The molecule has 6 nitrogen and oxygen atoms in total. The minimum absolute atomic E-state index is 0.0300. The summed E-state index contributed by atoms with van der Waals surface area (Å²) in [5, 5.41) is 18.1. The quantitative estimate of drug-likeness (QED) is 0.785. The first kappa shape index (κ1) is 15.0. The van der Waals surface area contributed by atoms with Crippen molar-refractivity contribution in [2.75, 3.05) is 24.7 Å². The third-order valence-corrected chi connectivity index (χ3v) is 3.54. The van der Waals surface area contributed by atoms with Gasteiger partial charge in [0.1, 0.15) is 12.7 Å². The van der Waals surface area contributed by atoms with Gasteiger partial charge in [-0.2, -0.15) is 0 Å². The van der Waals surface area contributed by atoms with Gasteiger partial charge in [-0.1, -0.05) is 12.1 Å². The van der Waals surface area contributed by atoms with Crippen molar-refractivity contribution in [2.45, 2.75) is 12.4 Å². The Morgan fingerprint density at radius 3 is 3.00 bits per heavy atom. The molecule has 0 amide bonds. The number of hydrogen-bond acceptors (Lipinski definition) is 6. The van der Waals surface area contributed by atoms with E-state index in [1.54, 1.807) is 24.3 Å². The van der Waals surface area contributed by atoms with E-state index in [-0.39, 0.29) is 24.2 Å². The monoisotopic (exact) mass is 300 g/mol. The number of aromatic hydroxyl groups is 1. The standard InChI is InChI=1S/C13H16O6S/c14-10-3-1-2-4-11(10)17-5-9-6-18-13(19-9)8-20-7-12(15)16/h1-4,9,13-14H,5-8H2,(H,15,16). The van der Waals surface area contributed by atoms with E-state index in [0.717, 1.165) is 0 Å². The first-order valence-corrected chi connectivity index (χ1v) is 7.28. The number of hydrogen-bond donors (Lipinski definition) is 2. The molecular formula is C13H16O6S. The Hall–Kier alpha value is -1.44. The van der Waals surface area contributed by atoms with Crippen LogP contribution in [0.3, 0.4) is 0 Å². The van der Waals surface area contributed by atoms with Crippen LogP contribution in [0, 0.1) is 0 Å². The van der Waals surface area contributed by atoms with Crippen molar-refractivity contribution in [1.29, 1.82) is 0 Å². The van der Waals surface area contributed by atoms with Crippen molar-refractivity contribution in [3.63, 3.8) is 0 Å². The van der Waals surface area contributed by atoms with Crippen LogP contribution in [0.1, 0.15) is 0 Å². The second-order valence-corrected chi connectivity index (χ2v) is 5.24. The molecule has 1 aromatic carbocycles. The summed E-state index contributed by atoms with van der Waals surface area (Å²) in [5.41, 5.74) is 0. The molecule has 0 aliphatic carbocycles. The van der Waals surface area contributed by atoms with Crippen molar-refractivity contribution < 1.29 is 29.2 Å². The lowest BCUT2D eigenvalue weighted by Crippen LogP contribution is -2.21. The molecule has 7 heteroatoms. The molecule has 0 bridgehead atoms. The predicted molar refractivity (Wildman–Crippen MR) is 73.2 cm³/mol. The highest BCUT2D eigenvalue weighted by Gasteiger charge is 2.26. The summed E-state index contributed by atoms with van der Waals surface area (Å²) < 4.78 is 16.4. The third-order valence-electron chi connectivity index (χ3n) is 2.58. The van der Waals surface area contributed by atoms with Crippen LogP contribution in [0.2, 0.25) is 0 Å². The maximum Gasteiger partial charge on any atom is 0.313 e. The topological polar surface area (TPSA) is 85.2 Å². The summed E-state index contributed by atoms with van der Waals surface area (Å²) in [7, 11) is 0. The minimum Gasteiger partial charge on any atom is -0.504 e. The maximum atomic E-state index is 10.4. The Labute approximate surface area is 120 Å². The molecule has 1 saturated heterocycles. The highest BCUT2D eigenvalue weighted by molar-refractivity contribution is 7.99. The predicted octanol–water partition coefficient (Wildman–Crippen LogP) is 1.33. The van der Waals surface area contributed by atoms with E-state index in [1.807, 2.05) is 0 Å². The van der Waals surface area contributed by atoms with E-state index in [2.05, 4.69) is 0 Å². The van der Waals surface area contributed by atoms with Crippen LogP contribution in [0.5, 0.6) is 11.5 Å². The van der Waals surface area contributed by atoms with E-state index in [4.69, 9.17) is 19.3 Å². The van der Waals surface area contributed by atoms with Crippen molar-refractivity contribution >= 4 is 17.7 Å². The van der Waals surface area contributed by atoms with Crippen LogP contribution in [-0.4, -0.2) is 53.3 Å². The summed E-state index contributed by atoms with van der Waals surface area (Å²) in [4.78, 5) is 10.4. The lowest BCUT2D eigenvalue weighted by Gasteiger charge is -2.12. The zero-order valence-electron chi connectivity index (χ0n) is 10.7. The zero-order chi connectivity index (χ0) is 14.4. The fourth-order valence-electron chi connectivity index (χ4n) is 1.69. The fraction of sp³-hybridized carbons (Fsp3) is 0.462. The first-order chi connectivity index (χ1) is 9.65. The highest BCUT2D eigenvalue weighted by Crippen LogP contribution is 2.25. The van der Waals surface area contributed by atoms with Crippen molar-refractivity contribution in [1.82, 2.24) is 0 Å². The fourth-order valence-corrected chi connectivity index (χ4v) is 2.35. The Kier molecular flexibility index (Phi) is 5.51. The summed E-state index contributed by atoms with van der Waals surface area (Å²) in [6.07, 6.45) is -0.623. The molecule has 0 spiro atoms. The van der Waals surface area contributed by atoms with E-state index >= 15 is 0 Å². The number of carboxylic acids is 1. The molecule has 1 aliphatic heterocycles. The number of benzene rings is 1. The summed E-state index contributed by atoms with van der Waals surface area (Å²) >= 11 is 1.25. The summed E-state index contributed by atoms with van der Waals surface area (Å²) in [6, 6.07) is 6.71. The smallest absolute Gasteiger partial charge is 0.313 e. The average molecular weight is 300 g/mol. The number of rotatable bonds is 7. The molecule has 1 heterocycles. The summed E-state index contributed by atoms with van der Waals surface area (Å²) in [5.74, 6) is 0.133. The molecule has 1 fully saturated rings. The van der Waals surface area contributed by atoms with Crippen LogP contribution >= 0.6 is 11.8 Å². The van der Waals surface area contributed by atoms with Gasteiger partial charge in [-0.25, -0.2) is 0 Å². The Morgan fingerprint density at radius 2 is 2.25 bits per heavy atom. The molecule has 1 aromatic rings. The maximum absolute atomic E-state index is 10.4. The van der Waals surface area contributed by atoms with Crippen LogP contribution < -0.4 is 4.74 Å². The molecule has 2 unspecified atom stereocenters. The van der Waals surface area contributed by atoms with Gasteiger partial charge in [0, 0.05) is 5.75 Å². The molecular weight excluding hydrogens is 284 g/mol. The van der Waals surface area contributed by atoms with E-state index in [0.29, 0.717) is 18.1 Å². The minimum atomic E-state index is -0.854. The third kappa shape index (κ3) is 4.59. The molecule has 0 saturated carbocycles. The molecule has 110 valence electrons. The first-order valence-electron chi connectivity index (χ1n) is 6.12. The van der Waals surface area contributed by atoms with Gasteiger partial charge in [0.2, 0.25) is 0 Å². The van der Waals surface area contributed by atoms with Gasteiger partial charge in [0.25, 0.3) is 0 Å². The lowest BCUT2D eigenvalue weighted by atomic mass is 10.3. The molecule has 2 N–H and O–H groups in total. The van der Waals surface area contributed by atoms with Crippen molar-refractivity contribution in [3.8, 4) is 11.5 Å². The van der Waals surface area contributed by atoms with Crippen LogP contribution in [-0.2, 0) is 14.3 Å². The number of ether oxygens (including phenoxy) is 3. The Morgan fingerprint density at radius 1 is 1.45 bits per heavy atom. The van der Waals surface area contributed by atoms with Gasteiger partial charge < -0.3 is 24.4 Å². The van der Waals surface area contributed by atoms with E-state index in [9.17, 15) is 9.90 Å². The number of para-hydroxylation sites is 2. The number of thioether (sulfide) groups is 1. The normalized spacial score (nSPS) is 21.8. The van der Waals surface area contributed by atoms with Gasteiger partial charge in [0.05, 0.1) is 12.4 Å². The number of phenolic OH excluding ortho intramolecular Hbond substituents is 1. The average Bonchev–Trinajstić information content (AvgIpc) is 2.85. The largest absolute Gasteiger partial charge is 0.504 e. The molecule has 2 atom stereocenters. The van der Waals surface area contributed by atoms with Gasteiger partial charge in [-0.15, -0.1) is 11.8 Å². The van der Waals surface area contributed by atoms with E-state index in [1.165, 1.54) is 11.8 Å². The van der Waals surface area contributed by atoms with Crippen LogP contribution in [0.15, 0.2) is 24.3 Å². The highest BCUT2D eigenvalue weighted by atomic mass is 32.2. The molecule has 0 aromatic heterocycles. The van der Waals surface area contributed by atoms with E-state index < -0.39 is 12.3 Å². The molecule has 2 rings (SSSR count). The van der Waals surface area contributed by atoms with Gasteiger partial charge in [0.15, 0.2) is 17.8 Å². The summed E-state index contributed by atoms with van der Waals surface area (Å²) in [6.45, 7) is 0.670. The van der Waals surface area contributed by atoms with Crippen LogP contribution in [0.4, 0.5) is 0 Å². The number of carbonyl (C=O) groups is 1.